The van der Waals surface area contributed by atoms with Gasteiger partial charge in [0.05, 0.1) is 32.9 Å². The average Bonchev–Trinajstić information content (AvgIpc) is 2.76. The van der Waals surface area contributed by atoms with E-state index in [-0.39, 0.29) is 30.0 Å². The first-order chi connectivity index (χ1) is 14.2. The molecule has 0 radical (unpaired) electrons. The molecule has 2 aromatic rings. The Morgan fingerprint density at radius 1 is 1.13 bits per heavy atom. The lowest BCUT2D eigenvalue weighted by atomic mass is 10.0. The molecule has 6 nitrogen and oxygen atoms in total. The van der Waals surface area contributed by atoms with E-state index >= 15 is 0 Å². The predicted octanol–water partition coefficient (Wildman–Crippen LogP) is 3.14. The van der Waals surface area contributed by atoms with Crippen LogP contribution in [0.2, 0.25) is 0 Å². The molecule has 1 aliphatic heterocycles. The summed E-state index contributed by atoms with van der Waals surface area (Å²) in [4.78, 5) is 7.07. The molecular weight excluding hydrogens is 491 g/mol. The standard InChI is InChI=1S/C23H32N4O2.HI/c1-18-3-7-20(8-4-18)22(27-13-15-29-16-14-27)17-26-23(24)25-12-11-19-5-9-21(28-2)10-6-19;/h3-10,22H,11-17H2,1-2H3,(H3,24,25,26);1H. The lowest BCUT2D eigenvalue weighted by Gasteiger charge is -2.34. The van der Waals surface area contributed by atoms with Crippen LogP contribution in [-0.2, 0) is 11.2 Å². The first-order valence-corrected chi connectivity index (χ1v) is 10.2. The largest absolute Gasteiger partial charge is 0.497 e. The second-order valence-corrected chi connectivity index (χ2v) is 7.33. The van der Waals surface area contributed by atoms with E-state index in [0.29, 0.717) is 12.5 Å². The Labute approximate surface area is 196 Å². The average molecular weight is 524 g/mol. The number of nitrogens with zero attached hydrogens (tertiary/aromatic N) is 2. The minimum atomic E-state index is 0. The molecule has 1 aliphatic rings. The summed E-state index contributed by atoms with van der Waals surface area (Å²) >= 11 is 0. The van der Waals surface area contributed by atoms with Gasteiger partial charge in [0.25, 0.3) is 0 Å². The van der Waals surface area contributed by atoms with Gasteiger partial charge in [-0.15, -0.1) is 24.0 Å². The SMILES string of the molecule is COc1ccc(CCNC(N)=NCC(c2ccc(C)cc2)N2CCOCC2)cc1.I. The predicted molar refractivity (Wildman–Crippen MR) is 133 cm³/mol. The van der Waals surface area contributed by atoms with Gasteiger partial charge >= 0.3 is 0 Å². The highest BCUT2D eigenvalue weighted by Crippen LogP contribution is 2.22. The summed E-state index contributed by atoms with van der Waals surface area (Å²) in [5, 5.41) is 3.23. The quantitative estimate of drug-likeness (QED) is 0.316. The van der Waals surface area contributed by atoms with Crippen LogP contribution in [0.5, 0.6) is 5.75 Å². The molecule has 30 heavy (non-hydrogen) atoms. The Kier molecular flexibility index (Phi) is 10.4. The van der Waals surface area contributed by atoms with Crippen LogP contribution in [0.25, 0.3) is 0 Å². The van der Waals surface area contributed by atoms with Crippen molar-refractivity contribution in [3.63, 3.8) is 0 Å². The molecule has 0 spiro atoms. The number of aryl methyl sites for hydroxylation is 1. The maximum atomic E-state index is 6.14. The Bertz CT molecular complexity index is 775. The van der Waals surface area contributed by atoms with Crippen molar-refractivity contribution in [3.05, 3.63) is 65.2 Å². The third kappa shape index (κ3) is 7.45. The van der Waals surface area contributed by atoms with E-state index in [4.69, 9.17) is 15.2 Å². The van der Waals surface area contributed by atoms with E-state index in [0.717, 1.165) is 45.0 Å². The molecule has 2 aromatic carbocycles. The number of hydrogen-bond donors (Lipinski definition) is 2. The molecule has 164 valence electrons. The van der Waals surface area contributed by atoms with Crippen LogP contribution in [0.15, 0.2) is 53.5 Å². The molecule has 1 fully saturated rings. The van der Waals surface area contributed by atoms with Gasteiger partial charge in [0.1, 0.15) is 5.75 Å². The van der Waals surface area contributed by atoms with Crippen molar-refractivity contribution in [2.75, 3.05) is 46.5 Å². The number of hydrogen-bond acceptors (Lipinski definition) is 4. The highest BCUT2D eigenvalue weighted by atomic mass is 127. The van der Waals surface area contributed by atoms with Gasteiger partial charge in [-0.2, -0.15) is 0 Å². The van der Waals surface area contributed by atoms with Gasteiger partial charge in [0.2, 0.25) is 0 Å². The second kappa shape index (κ2) is 12.8. The van der Waals surface area contributed by atoms with Crippen LogP contribution < -0.4 is 15.8 Å². The van der Waals surface area contributed by atoms with Gasteiger partial charge in [-0.25, -0.2) is 0 Å². The van der Waals surface area contributed by atoms with Crippen molar-refractivity contribution in [1.29, 1.82) is 0 Å². The van der Waals surface area contributed by atoms with Crippen LogP contribution in [0.1, 0.15) is 22.7 Å². The molecule has 0 saturated carbocycles. The molecule has 0 aromatic heterocycles. The fourth-order valence-corrected chi connectivity index (χ4v) is 3.48. The molecule has 1 saturated heterocycles. The van der Waals surface area contributed by atoms with Gasteiger partial charge in [0.15, 0.2) is 5.96 Å². The number of halogens is 1. The number of ether oxygens (including phenoxy) is 2. The fourth-order valence-electron chi connectivity index (χ4n) is 3.48. The monoisotopic (exact) mass is 524 g/mol. The van der Waals surface area contributed by atoms with Crippen LogP contribution in [0, 0.1) is 6.92 Å². The number of nitrogens with two attached hydrogens (primary N) is 1. The lowest BCUT2D eigenvalue weighted by Crippen LogP contribution is -2.41. The van der Waals surface area contributed by atoms with Gasteiger partial charge in [-0.3, -0.25) is 9.89 Å². The summed E-state index contributed by atoms with van der Waals surface area (Å²) in [5.74, 6) is 1.36. The summed E-state index contributed by atoms with van der Waals surface area (Å²) in [5.41, 5.74) is 9.90. The van der Waals surface area contributed by atoms with Crippen molar-refractivity contribution in [2.45, 2.75) is 19.4 Å². The third-order valence-corrected chi connectivity index (χ3v) is 5.26. The Hall–Kier alpha value is -1.84. The summed E-state index contributed by atoms with van der Waals surface area (Å²) in [6.45, 7) is 6.84. The van der Waals surface area contributed by atoms with E-state index in [1.165, 1.54) is 16.7 Å². The summed E-state index contributed by atoms with van der Waals surface area (Å²) in [6.07, 6.45) is 0.880. The summed E-state index contributed by atoms with van der Waals surface area (Å²) in [7, 11) is 1.68. The molecule has 3 rings (SSSR count). The van der Waals surface area contributed by atoms with Crippen molar-refractivity contribution < 1.29 is 9.47 Å². The summed E-state index contributed by atoms with van der Waals surface area (Å²) < 4.78 is 10.7. The van der Waals surface area contributed by atoms with Crippen molar-refractivity contribution in [2.24, 2.45) is 10.7 Å². The third-order valence-electron chi connectivity index (χ3n) is 5.26. The van der Waals surface area contributed by atoms with Crippen LogP contribution in [0.3, 0.4) is 0 Å². The van der Waals surface area contributed by atoms with Gasteiger partial charge in [-0.1, -0.05) is 42.0 Å². The van der Waals surface area contributed by atoms with E-state index < -0.39 is 0 Å². The molecule has 0 aliphatic carbocycles. The topological polar surface area (TPSA) is 72.1 Å². The molecule has 1 atom stereocenters. The molecule has 1 heterocycles. The number of rotatable bonds is 8. The molecule has 1 unspecified atom stereocenters. The number of benzene rings is 2. The zero-order chi connectivity index (χ0) is 20.5. The number of methoxy groups -OCH3 is 1. The van der Waals surface area contributed by atoms with Gasteiger partial charge in [0, 0.05) is 19.6 Å². The zero-order valence-corrected chi connectivity index (χ0v) is 20.2. The minimum Gasteiger partial charge on any atom is -0.497 e. The van der Waals surface area contributed by atoms with Crippen molar-refractivity contribution >= 4 is 29.9 Å². The lowest BCUT2D eigenvalue weighted by molar-refractivity contribution is 0.0180. The maximum absolute atomic E-state index is 6.14. The van der Waals surface area contributed by atoms with Crippen LogP contribution in [0.4, 0.5) is 0 Å². The second-order valence-electron chi connectivity index (χ2n) is 7.33. The molecule has 3 N–H and O–H groups in total. The number of morpholine rings is 1. The normalized spacial score (nSPS) is 15.9. The van der Waals surface area contributed by atoms with E-state index in [2.05, 4.69) is 58.5 Å². The van der Waals surface area contributed by atoms with Crippen LogP contribution >= 0.6 is 24.0 Å². The molecule has 0 bridgehead atoms. The van der Waals surface area contributed by atoms with Gasteiger partial charge in [-0.05, 0) is 36.6 Å². The fraction of sp³-hybridized carbons (Fsp3) is 0.435. The summed E-state index contributed by atoms with van der Waals surface area (Å²) in [6, 6.07) is 17.0. The smallest absolute Gasteiger partial charge is 0.188 e. The van der Waals surface area contributed by atoms with Crippen LogP contribution in [-0.4, -0.2) is 57.4 Å². The maximum Gasteiger partial charge on any atom is 0.188 e. The molecular formula is C23H33IN4O2. The number of nitrogens with one attached hydrogen (secondary N) is 1. The van der Waals surface area contributed by atoms with Crippen molar-refractivity contribution in [1.82, 2.24) is 10.2 Å². The first-order valence-electron chi connectivity index (χ1n) is 10.2. The van der Waals surface area contributed by atoms with Gasteiger partial charge < -0.3 is 20.5 Å². The molecule has 0 amide bonds. The van der Waals surface area contributed by atoms with Crippen molar-refractivity contribution in [3.8, 4) is 5.75 Å². The van der Waals surface area contributed by atoms with E-state index in [1.54, 1.807) is 7.11 Å². The Morgan fingerprint density at radius 2 is 1.80 bits per heavy atom. The Morgan fingerprint density at radius 3 is 2.43 bits per heavy atom. The Balaban J connectivity index is 0.00000320. The highest BCUT2D eigenvalue weighted by Gasteiger charge is 2.22. The first kappa shape index (κ1) is 24.4. The zero-order valence-electron chi connectivity index (χ0n) is 17.8. The van der Waals surface area contributed by atoms with E-state index in [1.807, 2.05) is 12.1 Å². The minimum absolute atomic E-state index is 0. The highest BCUT2D eigenvalue weighted by molar-refractivity contribution is 14.0. The van der Waals surface area contributed by atoms with E-state index in [9.17, 15) is 0 Å². The number of aliphatic imine (C=N–C) groups is 1. The number of guanidine groups is 1. The molecule has 7 heteroatoms.